The van der Waals surface area contributed by atoms with Crippen molar-refractivity contribution in [2.45, 2.75) is 38.9 Å². The number of nitrogens with zero attached hydrogens (tertiary/aromatic N) is 1. The summed E-state index contributed by atoms with van der Waals surface area (Å²) in [5, 5.41) is 2.97. The molecule has 16 heavy (non-hydrogen) atoms. The van der Waals surface area contributed by atoms with Crippen LogP contribution < -0.4 is 5.32 Å². The lowest BCUT2D eigenvalue weighted by molar-refractivity contribution is 0.00578. The molecule has 0 amide bonds. The number of allylic oxidation sites excluding steroid dienone is 1. The van der Waals surface area contributed by atoms with Gasteiger partial charge in [0.25, 0.3) is 0 Å². The van der Waals surface area contributed by atoms with Crippen molar-refractivity contribution in [1.82, 2.24) is 5.32 Å². The smallest absolute Gasteiger partial charge is 0.399 e. The Balaban J connectivity index is 2.89. The van der Waals surface area contributed by atoms with Crippen molar-refractivity contribution in [2.75, 3.05) is 14.1 Å². The van der Waals surface area contributed by atoms with Gasteiger partial charge in [0.15, 0.2) is 0 Å². The van der Waals surface area contributed by atoms with Crippen LogP contribution in [0.2, 0.25) is 0 Å². The second-order valence-corrected chi connectivity index (χ2v) is 4.91. The molecule has 0 radical (unpaired) electrons. The average Bonchev–Trinajstić information content (AvgIpc) is 2.36. The van der Waals surface area contributed by atoms with Gasteiger partial charge >= 0.3 is 7.12 Å². The molecule has 1 fully saturated rings. The Morgan fingerprint density at radius 2 is 1.69 bits per heavy atom. The van der Waals surface area contributed by atoms with Crippen molar-refractivity contribution in [2.24, 2.45) is 4.99 Å². The topological polar surface area (TPSA) is 42.9 Å². The molecule has 0 aromatic rings. The van der Waals surface area contributed by atoms with E-state index in [-0.39, 0.29) is 18.3 Å². The fourth-order valence-electron chi connectivity index (χ4n) is 1.46. The number of rotatable bonds is 3. The highest BCUT2D eigenvalue weighted by Crippen LogP contribution is 2.38. The van der Waals surface area contributed by atoms with E-state index < -0.39 is 0 Å². The summed E-state index contributed by atoms with van der Waals surface area (Å²) in [6.45, 7) is 8.14. The van der Waals surface area contributed by atoms with Crippen LogP contribution in [0.1, 0.15) is 27.7 Å². The normalized spacial score (nSPS) is 24.1. The van der Waals surface area contributed by atoms with Crippen molar-refractivity contribution in [3.05, 3.63) is 11.7 Å². The first-order valence-corrected chi connectivity index (χ1v) is 5.49. The zero-order chi connectivity index (χ0) is 12.4. The lowest BCUT2D eigenvalue weighted by Gasteiger charge is -2.32. The van der Waals surface area contributed by atoms with E-state index in [4.69, 9.17) is 9.31 Å². The highest BCUT2D eigenvalue weighted by molar-refractivity contribution is 6.60. The van der Waals surface area contributed by atoms with Gasteiger partial charge in [-0.05, 0) is 33.9 Å². The molecule has 0 atom stereocenters. The van der Waals surface area contributed by atoms with Crippen LogP contribution in [0.4, 0.5) is 0 Å². The number of hydrogen-bond acceptors (Lipinski definition) is 4. The van der Waals surface area contributed by atoms with E-state index in [0.717, 1.165) is 5.47 Å². The van der Waals surface area contributed by atoms with Gasteiger partial charge in [-0.25, -0.2) is 0 Å². The Labute approximate surface area is 98.3 Å². The average molecular weight is 224 g/mol. The highest BCUT2D eigenvalue weighted by atomic mass is 16.7. The molecule has 0 aromatic heterocycles. The molecule has 4 nitrogen and oxygen atoms in total. The Kier molecular flexibility index (Phi) is 3.81. The molecule has 1 rings (SSSR count). The van der Waals surface area contributed by atoms with Crippen molar-refractivity contribution in [3.63, 3.8) is 0 Å². The van der Waals surface area contributed by atoms with Crippen LogP contribution in [-0.4, -0.2) is 38.6 Å². The Morgan fingerprint density at radius 3 is 2.06 bits per heavy atom. The zero-order valence-electron chi connectivity index (χ0n) is 11.0. The summed E-state index contributed by atoms with van der Waals surface area (Å²) >= 11 is 0. The summed E-state index contributed by atoms with van der Waals surface area (Å²) in [4.78, 5) is 4.00. The van der Waals surface area contributed by atoms with Crippen molar-refractivity contribution in [1.29, 1.82) is 0 Å². The lowest BCUT2D eigenvalue weighted by atomic mass is 9.79. The standard InChI is InChI=1S/C11H21BN2O2/c1-10(2)11(3,4)16-12(15-10)9(7-13-5)8-14-6/h7-8,13H,1-6H3/b9-7+,14-8-. The van der Waals surface area contributed by atoms with Gasteiger partial charge in [0.1, 0.15) is 0 Å². The van der Waals surface area contributed by atoms with Crippen molar-refractivity contribution >= 4 is 13.3 Å². The maximum absolute atomic E-state index is 5.91. The van der Waals surface area contributed by atoms with Gasteiger partial charge in [0, 0.05) is 25.8 Å². The van der Waals surface area contributed by atoms with E-state index >= 15 is 0 Å². The molecule has 1 aliphatic heterocycles. The van der Waals surface area contributed by atoms with Gasteiger partial charge in [-0.15, -0.1) is 0 Å². The number of nitrogens with one attached hydrogen (secondary N) is 1. The maximum atomic E-state index is 5.91. The van der Waals surface area contributed by atoms with Gasteiger partial charge in [0.2, 0.25) is 0 Å². The monoisotopic (exact) mass is 224 g/mol. The number of hydrogen-bond donors (Lipinski definition) is 1. The van der Waals surface area contributed by atoms with Gasteiger partial charge in [-0.2, -0.15) is 0 Å². The van der Waals surface area contributed by atoms with Crippen LogP contribution in [0.3, 0.4) is 0 Å². The Morgan fingerprint density at radius 1 is 1.19 bits per heavy atom. The van der Waals surface area contributed by atoms with E-state index in [2.05, 4.69) is 10.3 Å². The predicted molar refractivity (Wildman–Crippen MR) is 67.6 cm³/mol. The van der Waals surface area contributed by atoms with Crippen molar-refractivity contribution < 1.29 is 9.31 Å². The highest BCUT2D eigenvalue weighted by Gasteiger charge is 2.52. The second kappa shape index (κ2) is 4.59. The van der Waals surface area contributed by atoms with Gasteiger partial charge in [-0.3, -0.25) is 4.99 Å². The molecule has 1 aliphatic rings. The Bertz CT molecular complexity index is 295. The molecule has 90 valence electrons. The fourth-order valence-corrected chi connectivity index (χ4v) is 1.46. The molecule has 0 aliphatic carbocycles. The third-order valence-electron chi connectivity index (χ3n) is 3.11. The van der Waals surface area contributed by atoms with E-state index in [1.807, 2.05) is 40.9 Å². The molecule has 0 bridgehead atoms. The van der Waals surface area contributed by atoms with Crippen LogP contribution in [-0.2, 0) is 9.31 Å². The van der Waals surface area contributed by atoms with Crippen LogP contribution >= 0.6 is 0 Å². The van der Waals surface area contributed by atoms with Crippen molar-refractivity contribution in [3.8, 4) is 0 Å². The third-order valence-corrected chi connectivity index (χ3v) is 3.11. The van der Waals surface area contributed by atoms with Crippen LogP contribution in [0.5, 0.6) is 0 Å². The SMILES string of the molecule is C/N=C\C(=C/NC)B1OC(C)(C)C(C)(C)O1. The lowest BCUT2D eigenvalue weighted by Crippen LogP contribution is -2.41. The molecular weight excluding hydrogens is 203 g/mol. The molecule has 1 N–H and O–H groups in total. The second-order valence-electron chi connectivity index (χ2n) is 4.91. The van der Waals surface area contributed by atoms with E-state index in [1.54, 1.807) is 13.3 Å². The predicted octanol–water partition coefficient (Wildman–Crippen LogP) is 1.42. The molecule has 1 saturated heterocycles. The fraction of sp³-hybridized carbons (Fsp3) is 0.727. The van der Waals surface area contributed by atoms with E-state index in [0.29, 0.717) is 0 Å². The molecule has 0 spiro atoms. The molecule has 0 unspecified atom stereocenters. The quantitative estimate of drug-likeness (QED) is 0.582. The minimum atomic E-state index is -0.360. The van der Waals surface area contributed by atoms with E-state index in [1.165, 1.54) is 0 Å². The molecule has 1 heterocycles. The third kappa shape index (κ3) is 2.47. The summed E-state index contributed by atoms with van der Waals surface area (Å²) in [5.74, 6) is 0. The van der Waals surface area contributed by atoms with Crippen LogP contribution in [0.25, 0.3) is 0 Å². The first-order valence-electron chi connectivity index (χ1n) is 5.49. The molecule has 0 aromatic carbocycles. The summed E-state index contributed by atoms with van der Waals surface area (Å²) in [6, 6.07) is 0. The minimum absolute atomic E-state index is 0.313. The molecule has 0 saturated carbocycles. The summed E-state index contributed by atoms with van der Waals surface area (Å²) in [6.07, 6.45) is 3.59. The van der Waals surface area contributed by atoms with Gasteiger partial charge < -0.3 is 14.6 Å². The Hall–Kier alpha value is -0.805. The molecular formula is C11H21BN2O2. The zero-order valence-corrected chi connectivity index (χ0v) is 11.0. The first kappa shape index (κ1) is 13.3. The largest absolute Gasteiger partial charge is 0.497 e. The van der Waals surface area contributed by atoms with Crippen LogP contribution in [0.15, 0.2) is 16.7 Å². The van der Waals surface area contributed by atoms with E-state index in [9.17, 15) is 0 Å². The minimum Gasteiger partial charge on any atom is -0.399 e. The van der Waals surface area contributed by atoms with Gasteiger partial charge in [0.05, 0.1) is 11.2 Å². The maximum Gasteiger partial charge on any atom is 0.497 e. The summed E-state index contributed by atoms with van der Waals surface area (Å²) in [5.41, 5.74) is 0.265. The van der Waals surface area contributed by atoms with Crippen LogP contribution in [0, 0.1) is 0 Å². The summed E-state index contributed by atoms with van der Waals surface area (Å²) < 4.78 is 11.8. The van der Waals surface area contributed by atoms with Gasteiger partial charge in [-0.1, -0.05) is 0 Å². The summed E-state index contributed by atoms with van der Waals surface area (Å²) in [7, 11) is 3.21. The first-order chi connectivity index (χ1) is 7.34. The molecule has 5 heteroatoms. The number of aliphatic imine (C=N–C) groups is 1.